The fourth-order valence-electron chi connectivity index (χ4n) is 1.71. The Bertz CT molecular complexity index is 318. The van der Waals surface area contributed by atoms with Crippen LogP contribution in [0.3, 0.4) is 0 Å². The first kappa shape index (κ1) is 15.1. The molecule has 18 heavy (non-hydrogen) atoms. The maximum Gasteiger partial charge on any atom is 0.0591 e. The molecule has 0 radical (unpaired) electrons. The first-order valence-electron chi connectivity index (χ1n) is 6.58. The molecule has 4 nitrogen and oxygen atoms in total. The lowest BCUT2D eigenvalue weighted by atomic mass is 10.1. The molecule has 102 valence electrons. The zero-order chi connectivity index (χ0) is 13.1. The van der Waals surface area contributed by atoms with Crippen molar-refractivity contribution in [1.29, 1.82) is 0 Å². The van der Waals surface area contributed by atoms with Crippen molar-refractivity contribution in [3.8, 4) is 0 Å². The largest absolute Gasteiger partial charge is 0.385 e. The summed E-state index contributed by atoms with van der Waals surface area (Å²) < 4.78 is 10.4. The normalized spacial score (nSPS) is 10.8. The van der Waals surface area contributed by atoms with E-state index in [1.807, 2.05) is 12.3 Å². The number of aromatic nitrogens is 1. The van der Waals surface area contributed by atoms with Crippen molar-refractivity contribution in [1.82, 2.24) is 10.3 Å². The van der Waals surface area contributed by atoms with E-state index in [1.54, 1.807) is 7.11 Å². The Kier molecular flexibility index (Phi) is 8.38. The van der Waals surface area contributed by atoms with Crippen molar-refractivity contribution in [2.45, 2.75) is 26.3 Å². The van der Waals surface area contributed by atoms with Gasteiger partial charge in [-0.25, -0.2) is 0 Å². The lowest BCUT2D eigenvalue weighted by Gasteiger charge is -2.08. The summed E-state index contributed by atoms with van der Waals surface area (Å²) in [6.07, 6.45) is 3.83. The monoisotopic (exact) mass is 252 g/mol. The minimum absolute atomic E-state index is 0.734. The Morgan fingerprint density at radius 2 is 2.17 bits per heavy atom. The molecular formula is C14H24N2O2. The molecule has 0 spiro atoms. The smallest absolute Gasteiger partial charge is 0.0591 e. The predicted molar refractivity (Wildman–Crippen MR) is 72.6 cm³/mol. The molecule has 0 unspecified atom stereocenters. The highest BCUT2D eigenvalue weighted by atomic mass is 16.5. The van der Waals surface area contributed by atoms with Gasteiger partial charge in [0.15, 0.2) is 0 Å². The van der Waals surface area contributed by atoms with E-state index < -0.39 is 0 Å². The average molecular weight is 252 g/mol. The van der Waals surface area contributed by atoms with Crippen molar-refractivity contribution in [2.75, 3.05) is 33.5 Å². The summed E-state index contributed by atoms with van der Waals surface area (Å²) in [7, 11) is 1.71. The molecule has 1 heterocycles. The number of pyridine rings is 1. The van der Waals surface area contributed by atoms with Gasteiger partial charge in [-0.3, -0.25) is 4.98 Å². The molecule has 0 aromatic carbocycles. The second-order valence-corrected chi connectivity index (χ2v) is 4.10. The van der Waals surface area contributed by atoms with Crippen LogP contribution < -0.4 is 5.32 Å². The molecule has 0 aliphatic rings. The van der Waals surface area contributed by atoms with Gasteiger partial charge in [0, 0.05) is 39.6 Å². The van der Waals surface area contributed by atoms with Gasteiger partial charge in [0.1, 0.15) is 0 Å². The van der Waals surface area contributed by atoms with E-state index in [1.165, 1.54) is 5.56 Å². The minimum atomic E-state index is 0.734. The lowest BCUT2D eigenvalue weighted by molar-refractivity contribution is 0.104. The highest BCUT2D eigenvalue weighted by Gasteiger charge is 2.00. The van der Waals surface area contributed by atoms with Gasteiger partial charge < -0.3 is 14.8 Å². The fourth-order valence-corrected chi connectivity index (χ4v) is 1.71. The minimum Gasteiger partial charge on any atom is -0.385 e. The molecule has 0 amide bonds. The third-order valence-corrected chi connectivity index (χ3v) is 2.72. The molecule has 1 N–H and O–H groups in total. The number of methoxy groups -OCH3 is 1. The third-order valence-electron chi connectivity index (χ3n) is 2.72. The Morgan fingerprint density at radius 3 is 2.94 bits per heavy atom. The van der Waals surface area contributed by atoms with E-state index in [0.717, 1.165) is 51.4 Å². The number of aryl methyl sites for hydroxylation is 1. The first-order valence-corrected chi connectivity index (χ1v) is 6.58. The highest BCUT2D eigenvalue weighted by molar-refractivity contribution is 5.19. The van der Waals surface area contributed by atoms with Crippen molar-refractivity contribution >= 4 is 0 Å². The van der Waals surface area contributed by atoms with E-state index in [4.69, 9.17) is 9.47 Å². The summed E-state index contributed by atoms with van der Waals surface area (Å²) in [6.45, 7) is 6.08. The molecular weight excluding hydrogens is 228 g/mol. The van der Waals surface area contributed by atoms with Crippen LogP contribution >= 0.6 is 0 Å². The summed E-state index contributed by atoms with van der Waals surface area (Å²) in [5.41, 5.74) is 2.45. The van der Waals surface area contributed by atoms with Crippen LogP contribution in [0.4, 0.5) is 0 Å². The molecule has 1 aromatic heterocycles. The maximum absolute atomic E-state index is 5.47. The Labute approximate surface area is 110 Å². The lowest BCUT2D eigenvalue weighted by Crippen LogP contribution is -2.21. The second-order valence-electron chi connectivity index (χ2n) is 4.10. The van der Waals surface area contributed by atoms with Gasteiger partial charge in [-0.2, -0.15) is 0 Å². The Balaban J connectivity index is 2.07. The summed E-state index contributed by atoms with van der Waals surface area (Å²) in [4.78, 5) is 4.39. The number of hydrogen-bond donors (Lipinski definition) is 1. The van der Waals surface area contributed by atoms with E-state index in [9.17, 15) is 0 Å². The van der Waals surface area contributed by atoms with Gasteiger partial charge in [0.05, 0.1) is 12.3 Å². The van der Waals surface area contributed by atoms with Crippen LogP contribution in [0.5, 0.6) is 0 Å². The van der Waals surface area contributed by atoms with Gasteiger partial charge >= 0.3 is 0 Å². The first-order chi connectivity index (χ1) is 8.88. The van der Waals surface area contributed by atoms with Crippen LogP contribution in [0.15, 0.2) is 18.3 Å². The highest BCUT2D eigenvalue weighted by Crippen LogP contribution is 2.05. The van der Waals surface area contributed by atoms with Gasteiger partial charge in [0.2, 0.25) is 0 Å². The van der Waals surface area contributed by atoms with E-state index in [-0.39, 0.29) is 0 Å². The Morgan fingerprint density at radius 1 is 1.28 bits per heavy atom. The van der Waals surface area contributed by atoms with Crippen LogP contribution in [0.1, 0.15) is 24.6 Å². The topological polar surface area (TPSA) is 43.4 Å². The standard InChI is InChI=1S/C14H24N2O2/c1-3-13-6-4-7-16-14(13)12-15-8-11-18-10-5-9-17-2/h4,6-7,15H,3,5,8-12H2,1-2H3. The number of ether oxygens (including phenoxy) is 2. The van der Waals surface area contributed by atoms with Gasteiger partial charge in [-0.1, -0.05) is 13.0 Å². The van der Waals surface area contributed by atoms with Crippen molar-refractivity contribution < 1.29 is 9.47 Å². The third kappa shape index (κ3) is 6.10. The molecule has 4 heteroatoms. The predicted octanol–water partition coefficient (Wildman–Crippen LogP) is 1.79. The second kappa shape index (κ2) is 10.00. The molecule has 1 rings (SSSR count). The quantitative estimate of drug-likeness (QED) is 0.645. The SMILES string of the molecule is CCc1cccnc1CNCCOCCCOC. The van der Waals surface area contributed by atoms with E-state index >= 15 is 0 Å². The van der Waals surface area contributed by atoms with Gasteiger partial charge in [-0.05, 0) is 24.5 Å². The van der Waals surface area contributed by atoms with Crippen LogP contribution in [0.25, 0.3) is 0 Å². The number of nitrogens with one attached hydrogen (secondary N) is 1. The van der Waals surface area contributed by atoms with E-state index in [2.05, 4.69) is 23.3 Å². The fraction of sp³-hybridized carbons (Fsp3) is 0.643. The molecule has 0 saturated heterocycles. The Hall–Kier alpha value is -0.970. The zero-order valence-corrected chi connectivity index (χ0v) is 11.4. The van der Waals surface area contributed by atoms with Crippen molar-refractivity contribution in [3.63, 3.8) is 0 Å². The average Bonchev–Trinajstić information content (AvgIpc) is 2.42. The molecule has 1 aromatic rings. The van der Waals surface area contributed by atoms with Crippen molar-refractivity contribution in [2.24, 2.45) is 0 Å². The number of rotatable bonds is 10. The summed E-state index contributed by atoms with van der Waals surface area (Å²) >= 11 is 0. The van der Waals surface area contributed by atoms with Crippen molar-refractivity contribution in [3.05, 3.63) is 29.6 Å². The zero-order valence-electron chi connectivity index (χ0n) is 11.4. The molecule has 0 saturated carbocycles. The van der Waals surface area contributed by atoms with E-state index in [0.29, 0.717) is 0 Å². The van der Waals surface area contributed by atoms with Gasteiger partial charge in [0.25, 0.3) is 0 Å². The maximum atomic E-state index is 5.47. The summed E-state index contributed by atoms with van der Waals surface area (Å²) in [6, 6.07) is 4.12. The van der Waals surface area contributed by atoms with Crippen LogP contribution in [0.2, 0.25) is 0 Å². The number of nitrogens with zero attached hydrogens (tertiary/aromatic N) is 1. The molecule has 0 atom stereocenters. The number of hydrogen-bond acceptors (Lipinski definition) is 4. The molecule has 0 aliphatic heterocycles. The van der Waals surface area contributed by atoms with Crippen LogP contribution in [-0.4, -0.2) is 38.5 Å². The summed E-state index contributed by atoms with van der Waals surface area (Å²) in [5.74, 6) is 0. The van der Waals surface area contributed by atoms with Gasteiger partial charge in [-0.15, -0.1) is 0 Å². The molecule has 0 aliphatic carbocycles. The molecule has 0 bridgehead atoms. The summed E-state index contributed by atoms with van der Waals surface area (Å²) in [5, 5.41) is 3.35. The van der Waals surface area contributed by atoms with Crippen LogP contribution in [-0.2, 0) is 22.4 Å². The molecule has 0 fully saturated rings. The van der Waals surface area contributed by atoms with Crippen LogP contribution in [0, 0.1) is 0 Å².